The van der Waals surface area contributed by atoms with Gasteiger partial charge < -0.3 is 19.9 Å². The van der Waals surface area contributed by atoms with E-state index in [2.05, 4.69) is 9.97 Å². The minimum Gasteiger partial charge on any atom is -0.396 e. The third kappa shape index (κ3) is 1.92. The molecule has 1 saturated carbocycles. The van der Waals surface area contributed by atoms with E-state index < -0.39 is 12.2 Å². The molecule has 6 nitrogen and oxygen atoms in total. The summed E-state index contributed by atoms with van der Waals surface area (Å²) in [6, 6.07) is 1.46. The maximum Gasteiger partial charge on any atom is 0.145 e. The first-order valence-corrected chi connectivity index (χ1v) is 6.45. The van der Waals surface area contributed by atoms with E-state index in [0.29, 0.717) is 22.6 Å². The Hall–Kier alpha value is -1.21. The van der Waals surface area contributed by atoms with Crippen molar-refractivity contribution in [1.29, 1.82) is 0 Å². The Balaban J connectivity index is 2.04. The zero-order valence-electron chi connectivity index (χ0n) is 10.0. The van der Waals surface area contributed by atoms with Crippen LogP contribution >= 0.6 is 11.6 Å². The highest BCUT2D eigenvalue weighted by molar-refractivity contribution is 6.33. The van der Waals surface area contributed by atoms with Gasteiger partial charge in [-0.3, -0.25) is 0 Å². The zero-order valence-corrected chi connectivity index (χ0v) is 10.8. The summed E-state index contributed by atoms with van der Waals surface area (Å²) in [5.41, 5.74) is 0.620. The van der Waals surface area contributed by atoms with Crippen LogP contribution in [0.25, 0.3) is 11.0 Å². The van der Waals surface area contributed by atoms with Gasteiger partial charge in [-0.1, -0.05) is 11.6 Å². The molecule has 2 aromatic heterocycles. The molecule has 2 aromatic rings. The number of halogens is 1. The van der Waals surface area contributed by atoms with Crippen LogP contribution in [0.15, 0.2) is 18.6 Å². The van der Waals surface area contributed by atoms with Gasteiger partial charge in [0.25, 0.3) is 0 Å². The van der Waals surface area contributed by atoms with E-state index >= 15 is 0 Å². The van der Waals surface area contributed by atoms with E-state index in [1.165, 1.54) is 6.33 Å². The third-order valence-electron chi connectivity index (χ3n) is 3.82. The molecule has 102 valence electrons. The van der Waals surface area contributed by atoms with E-state index in [-0.39, 0.29) is 18.6 Å². The highest BCUT2D eigenvalue weighted by atomic mass is 35.5. The van der Waals surface area contributed by atoms with Crippen LogP contribution in [0, 0.1) is 5.92 Å². The Labute approximate surface area is 114 Å². The summed E-state index contributed by atoms with van der Waals surface area (Å²) in [4.78, 5) is 8.07. The van der Waals surface area contributed by atoms with Gasteiger partial charge in [0.15, 0.2) is 0 Å². The molecule has 1 aliphatic rings. The van der Waals surface area contributed by atoms with Crippen LogP contribution in [0.1, 0.15) is 12.5 Å². The molecule has 4 atom stereocenters. The molecule has 0 saturated heterocycles. The molecule has 4 unspecified atom stereocenters. The minimum absolute atomic E-state index is 0.149. The van der Waals surface area contributed by atoms with Crippen molar-refractivity contribution in [3.05, 3.63) is 23.7 Å². The molecule has 1 fully saturated rings. The van der Waals surface area contributed by atoms with E-state index in [4.69, 9.17) is 11.6 Å². The van der Waals surface area contributed by atoms with Crippen LogP contribution < -0.4 is 0 Å². The molecule has 19 heavy (non-hydrogen) atoms. The van der Waals surface area contributed by atoms with Crippen molar-refractivity contribution in [1.82, 2.24) is 14.5 Å². The molecule has 3 N–H and O–H groups in total. The van der Waals surface area contributed by atoms with Crippen molar-refractivity contribution in [3.63, 3.8) is 0 Å². The molecule has 0 amide bonds. The largest absolute Gasteiger partial charge is 0.396 e. The monoisotopic (exact) mass is 283 g/mol. The Kier molecular flexibility index (Phi) is 3.18. The number of aromatic nitrogens is 3. The molecular weight excluding hydrogens is 270 g/mol. The van der Waals surface area contributed by atoms with Gasteiger partial charge in [0, 0.05) is 18.7 Å². The van der Waals surface area contributed by atoms with Crippen molar-refractivity contribution in [2.45, 2.75) is 24.7 Å². The molecule has 7 heteroatoms. The third-order valence-corrected chi connectivity index (χ3v) is 4.12. The summed E-state index contributed by atoms with van der Waals surface area (Å²) in [6.07, 6.45) is 1.77. The summed E-state index contributed by atoms with van der Waals surface area (Å²) >= 11 is 5.98. The van der Waals surface area contributed by atoms with Gasteiger partial charge in [-0.05, 0) is 12.5 Å². The zero-order chi connectivity index (χ0) is 13.6. The molecule has 2 heterocycles. The standard InChI is InChI=1S/C12H14ClN3O3/c13-11-7-1-2-16(12(7)15-5-14-11)8-3-6(4-17)9(18)10(8)19/h1-2,5-6,8-10,17-19H,3-4H2. The average molecular weight is 284 g/mol. The lowest BCUT2D eigenvalue weighted by atomic mass is 10.1. The van der Waals surface area contributed by atoms with Crippen molar-refractivity contribution < 1.29 is 15.3 Å². The van der Waals surface area contributed by atoms with E-state index in [0.717, 1.165) is 0 Å². The topological polar surface area (TPSA) is 91.4 Å². The minimum atomic E-state index is -0.929. The van der Waals surface area contributed by atoms with Crippen molar-refractivity contribution in [2.75, 3.05) is 6.61 Å². The van der Waals surface area contributed by atoms with Crippen LogP contribution in [-0.2, 0) is 0 Å². The number of nitrogens with zero attached hydrogens (tertiary/aromatic N) is 3. The molecule has 0 aromatic carbocycles. The maximum absolute atomic E-state index is 10.1. The molecule has 0 spiro atoms. The summed E-state index contributed by atoms with van der Waals surface area (Å²) in [7, 11) is 0. The fourth-order valence-corrected chi connectivity index (χ4v) is 2.95. The summed E-state index contributed by atoms with van der Waals surface area (Å²) in [6.45, 7) is -0.149. The van der Waals surface area contributed by atoms with E-state index in [1.807, 2.05) is 0 Å². The summed E-state index contributed by atoms with van der Waals surface area (Å²) < 4.78 is 1.78. The smallest absolute Gasteiger partial charge is 0.145 e. The predicted molar refractivity (Wildman–Crippen MR) is 68.8 cm³/mol. The highest BCUT2D eigenvalue weighted by Gasteiger charge is 2.42. The van der Waals surface area contributed by atoms with Gasteiger partial charge >= 0.3 is 0 Å². The second-order valence-corrected chi connectivity index (χ2v) is 5.21. The first-order chi connectivity index (χ1) is 9.13. The Morgan fingerprint density at radius 2 is 2.11 bits per heavy atom. The quantitative estimate of drug-likeness (QED) is 0.692. The lowest BCUT2D eigenvalue weighted by molar-refractivity contribution is -0.00365. The lowest BCUT2D eigenvalue weighted by Gasteiger charge is -2.18. The van der Waals surface area contributed by atoms with Crippen molar-refractivity contribution in [2.24, 2.45) is 5.92 Å². The van der Waals surface area contributed by atoms with Crippen molar-refractivity contribution in [3.8, 4) is 0 Å². The molecule has 0 aliphatic heterocycles. The lowest BCUT2D eigenvalue weighted by Crippen LogP contribution is -2.30. The van der Waals surface area contributed by atoms with Crippen molar-refractivity contribution >= 4 is 22.6 Å². The number of aliphatic hydroxyl groups is 3. The van der Waals surface area contributed by atoms with Gasteiger partial charge in [-0.2, -0.15) is 0 Å². The number of rotatable bonds is 2. The van der Waals surface area contributed by atoms with Crippen LogP contribution in [0.4, 0.5) is 0 Å². The number of hydrogen-bond acceptors (Lipinski definition) is 5. The molecule has 1 aliphatic carbocycles. The summed E-state index contributed by atoms with van der Waals surface area (Å²) in [5, 5.41) is 30.2. The summed E-state index contributed by atoms with van der Waals surface area (Å²) in [5.74, 6) is -0.324. The number of hydrogen-bond donors (Lipinski definition) is 3. The molecule has 0 radical (unpaired) electrons. The molecule has 3 rings (SSSR count). The normalized spacial score (nSPS) is 31.2. The van der Waals surface area contributed by atoms with Crippen LogP contribution in [0.2, 0.25) is 5.15 Å². The average Bonchev–Trinajstić information content (AvgIpc) is 2.94. The first kappa shape index (κ1) is 12.8. The maximum atomic E-state index is 10.1. The second-order valence-electron chi connectivity index (χ2n) is 4.85. The van der Waals surface area contributed by atoms with Crippen LogP contribution in [0.5, 0.6) is 0 Å². The van der Waals surface area contributed by atoms with Gasteiger partial charge in [0.2, 0.25) is 0 Å². The highest BCUT2D eigenvalue weighted by Crippen LogP contribution is 2.37. The molecular formula is C12H14ClN3O3. The number of fused-ring (bicyclic) bond motifs is 1. The second kappa shape index (κ2) is 4.72. The van der Waals surface area contributed by atoms with Crippen LogP contribution in [-0.4, -0.2) is 48.7 Å². The van der Waals surface area contributed by atoms with Gasteiger partial charge in [0.05, 0.1) is 17.5 Å². The van der Waals surface area contributed by atoms with Gasteiger partial charge in [-0.25, -0.2) is 9.97 Å². The fourth-order valence-electron chi connectivity index (χ4n) is 2.76. The van der Waals surface area contributed by atoms with E-state index in [1.54, 1.807) is 16.8 Å². The SMILES string of the molecule is OCC1CC(n2ccc3c(Cl)ncnc32)C(O)C1O. The predicted octanol–water partition coefficient (Wildman–Crippen LogP) is 0.360. The fraction of sp³-hybridized carbons (Fsp3) is 0.500. The Morgan fingerprint density at radius 1 is 1.32 bits per heavy atom. The molecule has 0 bridgehead atoms. The first-order valence-electron chi connectivity index (χ1n) is 6.07. The Morgan fingerprint density at radius 3 is 2.79 bits per heavy atom. The van der Waals surface area contributed by atoms with Crippen LogP contribution in [0.3, 0.4) is 0 Å². The van der Waals surface area contributed by atoms with E-state index in [9.17, 15) is 15.3 Å². The number of aliphatic hydroxyl groups excluding tert-OH is 3. The Bertz CT molecular complexity index is 603. The van der Waals surface area contributed by atoms with Gasteiger partial charge in [-0.15, -0.1) is 0 Å². The van der Waals surface area contributed by atoms with Gasteiger partial charge in [0.1, 0.15) is 23.2 Å².